The maximum Gasteiger partial charge on any atom is 0.212 e. The summed E-state index contributed by atoms with van der Waals surface area (Å²) in [5, 5.41) is 0. The first-order valence-corrected chi connectivity index (χ1v) is 11.3. The van der Waals surface area contributed by atoms with Gasteiger partial charge in [-0.15, -0.1) is 0 Å². The van der Waals surface area contributed by atoms with E-state index in [9.17, 15) is 0 Å². The highest BCUT2D eigenvalue weighted by atomic mass is 16.6. The molecular weight excluding hydrogens is 452 g/mol. The molecule has 0 saturated carbocycles. The van der Waals surface area contributed by atoms with Crippen LogP contribution in [0.4, 0.5) is 0 Å². The first kappa shape index (κ1) is 21.5. The SMILES string of the molecule is COc1ccc(C2COc3cc(Cn4cnc5cc(OC6COC6)cnc54)cc(OC)c3O2)cn1. The molecule has 0 N–H and O–H groups in total. The molecule has 4 aromatic rings. The quantitative estimate of drug-likeness (QED) is 0.398. The first-order valence-electron chi connectivity index (χ1n) is 11.3. The van der Waals surface area contributed by atoms with Crippen molar-refractivity contribution >= 4 is 11.2 Å². The van der Waals surface area contributed by atoms with Gasteiger partial charge in [0.1, 0.15) is 24.0 Å². The maximum atomic E-state index is 6.25. The molecule has 0 bridgehead atoms. The Morgan fingerprint density at radius 2 is 1.91 bits per heavy atom. The number of ether oxygens (including phenoxy) is 6. The minimum Gasteiger partial charge on any atom is -0.493 e. The molecule has 3 aromatic heterocycles. The molecule has 180 valence electrons. The summed E-state index contributed by atoms with van der Waals surface area (Å²) in [7, 11) is 3.20. The van der Waals surface area contributed by atoms with Crippen molar-refractivity contribution in [1.29, 1.82) is 0 Å². The van der Waals surface area contributed by atoms with Crippen molar-refractivity contribution in [3.63, 3.8) is 0 Å². The van der Waals surface area contributed by atoms with Crippen LogP contribution in [0.3, 0.4) is 0 Å². The molecule has 0 spiro atoms. The molecule has 1 unspecified atom stereocenters. The van der Waals surface area contributed by atoms with Crippen molar-refractivity contribution in [1.82, 2.24) is 19.5 Å². The topological polar surface area (TPSA) is 99.0 Å². The minimum atomic E-state index is -0.301. The smallest absolute Gasteiger partial charge is 0.212 e. The summed E-state index contributed by atoms with van der Waals surface area (Å²) in [4.78, 5) is 13.3. The molecule has 35 heavy (non-hydrogen) atoms. The van der Waals surface area contributed by atoms with E-state index >= 15 is 0 Å². The van der Waals surface area contributed by atoms with Crippen LogP contribution in [0.15, 0.2) is 49.1 Å². The molecule has 6 rings (SSSR count). The summed E-state index contributed by atoms with van der Waals surface area (Å²) in [5.74, 6) is 3.04. The molecule has 0 aliphatic carbocycles. The Morgan fingerprint density at radius 3 is 2.66 bits per heavy atom. The second-order valence-corrected chi connectivity index (χ2v) is 8.34. The Labute approximate surface area is 201 Å². The third-order valence-corrected chi connectivity index (χ3v) is 5.98. The second-order valence-electron chi connectivity index (χ2n) is 8.34. The average molecular weight is 476 g/mol. The van der Waals surface area contributed by atoms with E-state index in [2.05, 4.69) is 15.0 Å². The molecule has 0 amide bonds. The zero-order valence-electron chi connectivity index (χ0n) is 19.3. The van der Waals surface area contributed by atoms with E-state index in [1.807, 2.05) is 28.8 Å². The van der Waals surface area contributed by atoms with Gasteiger partial charge in [0.2, 0.25) is 11.6 Å². The van der Waals surface area contributed by atoms with Gasteiger partial charge in [-0.25, -0.2) is 15.0 Å². The lowest BCUT2D eigenvalue weighted by molar-refractivity contribution is -0.0797. The third kappa shape index (κ3) is 4.17. The zero-order valence-corrected chi connectivity index (χ0v) is 19.3. The van der Waals surface area contributed by atoms with E-state index in [1.54, 1.807) is 39.0 Å². The molecule has 10 heteroatoms. The lowest BCUT2D eigenvalue weighted by Gasteiger charge is -2.28. The van der Waals surface area contributed by atoms with E-state index in [0.29, 0.717) is 55.2 Å². The summed E-state index contributed by atoms with van der Waals surface area (Å²) in [5.41, 5.74) is 3.40. The van der Waals surface area contributed by atoms with Crippen LogP contribution >= 0.6 is 0 Å². The summed E-state index contributed by atoms with van der Waals surface area (Å²) < 4.78 is 36.1. The van der Waals surface area contributed by atoms with Crippen LogP contribution < -0.4 is 23.7 Å². The first-order chi connectivity index (χ1) is 17.2. The number of pyridine rings is 2. The van der Waals surface area contributed by atoms with E-state index in [-0.39, 0.29) is 12.2 Å². The van der Waals surface area contributed by atoms with Crippen molar-refractivity contribution in [3.8, 4) is 28.9 Å². The highest BCUT2D eigenvalue weighted by Crippen LogP contribution is 2.44. The largest absolute Gasteiger partial charge is 0.493 e. The van der Waals surface area contributed by atoms with Crippen molar-refractivity contribution in [2.24, 2.45) is 0 Å². The van der Waals surface area contributed by atoms with E-state index < -0.39 is 0 Å². The molecule has 1 fully saturated rings. The zero-order chi connectivity index (χ0) is 23.8. The van der Waals surface area contributed by atoms with Gasteiger partial charge in [0, 0.05) is 23.9 Å². The van der Waals surface area contributed by atoms with Gasteiger partial charge in [-0.2, -0.15) is 0 Å². The van der Waals surface area contributed by atoms with Crippen LogP contribution in [0.5, 0.6) is 28.9 Å². The average Bonchev–Trinajstić information content (AvgIpc) is 3.27. The number of hydrogen-bond donors (Lipinski definition) is 0. The van der Waals surface area contributed by atoms with Gasteiger partial charge in [-0.05, 0) is 23.8 Å². The van der Waals surface area contributed by atoms with E-state index in [4.69, 9.17) is 28.4 Å². The monoisotopic (exact) mass is 476 g/mol. The number of methoxy groups -OCH3 is 2. The molecule has 1 atom stereocenters. The molecular formula is C25H24N4O6. The van der Waals surface area contributed by atoms with Gasteiger partial charge in [0.05, 0.1) is 46.5 Å². The van der Waals surface area contributed by atoms with E-state index in [1.165, 1.54) is 0 Å². The fourth-order valence-corrected chi connectivity index (χ4v) is 4.09. The van der Waals surface area contributed by atoms with Crippen LogP contribution in [0.1, 0.15) is 17.2 Å². The van der Waals surface area contributed by atoms with Crippen molar-refractivity contribution < 1.29 is 28.4 Å². The molecule has 1 saturated heterocycles. The summed E-state index contributed by atoms with van der Waals surface area (Å²) in [6.45, 7) is 2.11. The molecule has 2 aliphatic heterocycles. The summed E-state index contributed by atoms with van der Waals surface area (Å²) in [6.07, 6.45) is 5.00. The molecule has 10 nitrogen and oxygen atoms in total. The van der Waals surface area contributed by atoms with Gasteiger partial charge >= 0.3 is 0 Å². The van der Waals surface area contributed by atoms with Gasteiger partial charge in [-0.1, -0.05) is 0 Å². The van der Waals surface area contributed by atoms with Crippen molar-refractivity contribution in [2.45, 2.75) is 18.8 Å². The summed E-state index contributed by atoms with van der Waals surface area (Å²) in [6, 6.07) is 9.51. The predicted molar refractivity (Wildman–Crippen MR) is 125 cm³/mol. The Morgan fingerprint density at radius 1 is 1.00 bits per heavy atom. The third-order valence-electron chi connectivity index (χ3n) is 5.98. The molecule has 5 heterocycles. The number of benzene rings is 1. The van der Waals surface area contributed by atoms with Crippen LogP contribution in [0, 0.1) is 0 Å². The van der Waals surface area contributed by atoms with Crippen LogP contribution in [-0.4, -0.2) is 59.7 Å². The normalized spacial score (nSPS) is 17.1. The lowest BCUT2D eigenvalue weighted by atomic mass is 10.1. The van der Waals surface area contributed by atoms with Crippen molar-refractivity contribution in [2.75, 3.05) is 34.0 Å². The predicted octanol–water partition coefficient (Wildman–Crippen LogP) is 3.18. The second kappa shape index (κ2) is 8.95. The van der Waals surface area contributed by atoms with Crippen LogP contribution in [0.2, 0.25) is 0 Å². The van der Waals surface area contributed by atoms with Gasteiger partial charge in [-0.3, -0.25) is 0 Å². The molecule has 1 aromatic carbocycles. The highest BCUT2D eigenvalue weighted by Gasteiger charge is 2.27. The van der Waals surface area contributed by atoms with Gasteiger partial charge < -0.3 is 33.0 Å². The Balaban J connectivity index is 1.22. The fourth-order valence-electron chi connectivity index (χ4n) is 4.09. The maximum absolute atomic E-state index is 6.25. The van der Waals surface area contributed by atoms with E-state index in [0.717, 1.165) is 22.3 Å². The van der Waals surface area contributed by atoms with Crippen molar-refractivity contribution in [3.05, 3.63) is 60.2 Å². The lowest BCUT2D eigenvalue weighted by Crippen LogP contribution is -2.38. The standard InChI is InChI=1S/C25H24N4O6/c1-30-20-5-15(6-21-24(20)35-22(13-33-21)16-3-4-23(31-2)26-8-16)10-29-14-28-19-7-17(9-27-25(19)29)34-18-11-32-12-18/h3-9,14,18,22H,10-13H2,1-2H3. The number of hydrogen-bond acceptors (Lipinski definition) is 9. The Kier molecular flexibility index (Phi) is 5.49. The van der Waals surface area contributed by atoms with Gasteiger partial charge in [0.25, 0.3) is 0 Å². The summed E-state index contributed by atoms with van der Waals surface area (Å²) >= 11 is 0. The number of nitrogens with zero attached hydrogens (tertiary/aromatic N) is 4. The Bertz CT molecular complexity index is 1340. The number of fused-ring (bicyclic) bond motifs is 2. The fraction of sp³-hybridized carbons (Fsp3) is 0.320. The van der Waals surface area contributed by atoms with Crippen LogP contribution in [0.25, 0.3) is 11.2 Å². The number of aromatic nitrogens is 4. The molecule has 0 radical (unpaired) electrons. The van der Waals surface area contributed by atoms with Gasteiger partial charge in [0.15, 0.2) is 23.3 Å². The number of imidazole rings is 1. The molecule has 2 aliphatic rings. The number of rotatable bonds is 7. The Hall–Kier alpha value is -4.05. The minimum absolute atomic E-state index is 0.0853. The highest BCUT2D eigenvalue weighted by molar-refractivity contribution is 5.72. The van der Waals surface area contributed by atoms with Crippen LogP contribution in [-0.2, 0) is 11.3 Å².